The van der Waals surface area contributed by atoms with Crippen LogP contribution in [0.2, 0.25) is 0 Å². The predicted molar refractivity (Wildman–Crippen MR) is 137 cm³/mol. The number of hydrogen-bond donors (Lipinski definition) is 0. The summed E-state index contributed by atoms with van der Waals surface area (Å²) in [5, 5.41) is 1.86. The molecule has 0 aliphatic carbocycles. The molecule has 178 valence electrons. The van der Waals surface area contributed by atoms with Crippen molar-refractivity contribution < 1.29 is 9.53 Å². The van der Waals surface area contributed by atoms with E-state index in [0.29, 0.717) is 31.2 Å². The highest BCUT2D eigenvalue weighted by Gasteiger charge is 2.20. The van der Waals surface area contributed by atoms with E-state index in [4.69, 9.17) is 4.74 Å². The molecule has 0 spiro atoms. The van der Waals surface area contributed by atoms with Crippen LogP contribution in [0.15, 0.2) is 83.1 Å². The molecule has 0 atom stereocenters. The summed E-state index contributed by atoms with van der Waals surface area (Å²) in [4.78, 5) is 34.2. The van der Waals surface area contributed by atoms with Gasteiger partial charge in [-0.3, -0.25) is 18.9 Å². The van der Waals surface area contributed by atoms with E-state index >= 15 is 0 Å². The molecular weight excluding hydrogens is 460 g/mol. The lowest BCUT2D eigenvalue weighted by Gasteiger charge is -2.34. The van der Waals surface area contributed by atoms with Crippen LogP contribution in [-0.2, 0) is 17.9 Å². The molecule has 0 N–H and O–H groups in total. The van der Waals surface area contributed by atoms with Crippen LogP contribution in [0, 0.1) is 0 Å². The fraction of sp³-hybridized carbons (Fsp3) is 0.222. The van der Waals surface area contributed by atoms with Gasteiger partial charge in [-0.15, -0.1) is 11.3 Å². The molecule has 0 bridgehead atoms. The number of piperazine rings is 1. The second-order valence-electron chi connectivity index (χ2n) is 8.42. The van der Waals surface area contributed by atoms with E-state index in [1.54, 1.807) is 22.7 Å². The smallest absolute Gasteiger partial charge is 0.258 e. The van der Waals surface area contributed by atoms with Gasteiger partial charge in [-0.1, -0.05) is 42.5 Å². The Kier molecular flexibility index (Phi) is 7.02. The Labute approximate surface area is 207 Å². The van der Waals surface area contributed by atoms with Gasteiger partial charge in [0.15, 0.2) is 4.96 Å². The number of carbonyl (C=O) groups excluding carboxylic acids is 1. The van der Waals surface area contributed by atoms with Gasteiger partial charge in [0.1, 0.15) is 12.4 Å². The minimum atomic E-state index is -0.0546. The summed E-state index contributed by atoms with van der Waals surface area (Å²) >= 11 is 1.45. The Morgan fingerprint density at radius 3 is 2.57 bits per heavy atom. The van der Waals surface area contributed by atoms with Crippen LogP contribution in [0.25, 0.3) is 11.0 Å². The monoisotopic (exact) mass is 486 g/mol. The molecule has 8 heteroatoms. The largest absolute Gasteiger partial charge is 0.489 e. The number of rotatable bonds is 7. The lowest BCUT2D eigenvalue weighted by atomic mass is 10.2. The van der Waals surface area contributed by atoms with Gasteiger partial charge in [-0.2, -0.15) is 0 Å². The molecule has 3 heterocycles. The fourth-order valence-corrected chi connectivity index (χ4v) is 4.75. The maximum absolute atomic E-state index is 12.7. The van der Waals surface area contributed by atoms with E-state index in [1.807, 2.05) is 71.0 Å². The SMILES string of the molecule is O=C(C=Cc1ccc(OCc2ccccc2)cc1)N1CCN(Cc2cc(=O)n3ccsc3n2)CC1. The molecule has 1 aliphatic heterocycles. The van der Waals surface area contributed by atoms with Crippen molar-refractivity contribution in [3.63, 3.8) is 0 Å². The first-order chi connectivity index (χ1) is 17.1. The Balaban J connectivity index is 1.10. The van der Waals surface area contributed by atoms with Gasteiger partial charge in [-0.25, -0.2) is 4.98 Å². The maximum Gasteiger partial charge on any atom is 0.258 e. The van der Waals surface area contributed by atoms with Gasteiger partial charge in [0.25, 0.3) is 5.56 Å². The van der Waals surface area contributed by atoms with Crippen LogP contribution in [-0.4, -0.2) is 51.3 Å². The standard InChI is InChI=1S/C27H26N4O3S/c32-25(11-8-21-6-9-24(10-7-21)34-20-22-4-2-1-3-5-22)30-14-12-29(13-15-30)19-23-18-26(33)31-16-17-35-27(31)28-23/h1-11,16-18H,12-15,19-20H2. The summed E-state index contributed by atoms with van der Waals surface area (Å²) < 4.78 is 7.38. The molecule has 1 fully saturated rings. The Morgan fingerprint density at radius 2 is 1.80 bits per heavy atom. The van der Waals surface area contributed by atoms with Crippen molar-refractivity contribution in [1.82, 2.24) is 19.2 Å². The summed E-state index contributed by atoms with van der Waals surface area (Å²) in [6.07, 6.45) is 5.21. The third-order valence-electron chi connectivity index (χ3n) is 5.97. The first-order valence-corrected chi connectivity index (χ1v) is 12.4. The molecule has 7 nitrogen and oxygen atoms in total. The van der Waals surface area contributed by atoms with Crippen LogP contribution in [0.3, 0.4) is 0 Å². The molecule has 1 amide bonds. The number of ether oxygens (including phenoxy) is 1. The number of amides is 1. The van der Waals surface area contributed by atoms with E-state index < -0.39 is 0 Å². The first kappa shape index (κ1) is 23.0. The lowest BCUT2D eigenvalue weighted by molar-refractivity contribution is -0.127. The highest BCUT2D eigenvalue weighted by molar-refractivity contribution is 7.15. The Hall–Kier alpha value is -3.75. The average molecular weight is 487 g/mol. The zero-order valence-electron chi connectivity index (χ0n) is 19.2. The van der Waals surface area contributed by atoms with Gasteiger partial charge < -0.3 is 9.64 Å². The third-order valence-corrected chi connectivity index (χ3v) is 6.73. The highest BCUT2D eigenvalue weighted by atomic mass is 32.1. The van der Waals surface area contributed by atoms with Crippen molar-refractivity contribution in [3.05, 3.63) is 105 Å². The van der Waals surface area contributed by atoms with Crippen LogP contribution >= 0.6 is 11.3 Å². The quantitative estimate of drug-likeness (QED) is 0.373. The molecule has 1 saturated heterocycles. The van der Waals surface area contributed by atoms with Gasteiger partial charge in [0, 0.05) is 56.4 Å². The third kappa shape index (κ3) is 5.85. The average Bonchev–Trinajstić information content (AvgIpc) is 3.37. The summed E-state index contributed by atoms with van der Waals surface area (Å²) in [5.74, 6) is 0.800. The first-order valence-electron chi connectivity index (χ1n) is 11.6. The predicted octanol–water partition coefficient (Wildman–Crippen LogP) is 3.69. The van der Waals surface area contributed by atoms with Crippen LogP contribution in [0.5, 0.6) is 5.75 Å². The molecule has 0 saturated carbocycles. The normalized spacial score (nSPS) is 14.6. The van der Waals surface area contributed by atoms with E-state index in [1.165, 1.54) is 11.3 Å². The van der Waals surface area contributed by atoms with Gasteiger partial charge in [0.05, 0.1) is 5.69 Å². The van der Waals surface area contributed by atoms with E-state index in [-0.39, 0.29) is 11.5 Å². The second kappa shape index (κ2) is 10.7. The number of fused-ring (bicyclic) bond motifs is 1. The molecule has 35 heavy (non-hydrogen) atoms. The molecule has 4 aromatic rings. The Morgan fingerprint density at radius 1 is 1.03 bits per heavy atom. The summed E-state index contributed by atoms with van der Waals surface area (Å²) in [7, 11) is 0. The van der Waals surface area contributed by atoms with Crippen molar-refractivity contribution in [2.24, 2.45) is 0 Å². The van der Waals surface area contributed by atoms with Crippen molar-refractivity contribution >= 4 is 28.3 Å². The van der Waals surface area contributed by atoms with Gasteiger partial charge in [-0.05, 0) is 29.3 Å². The van der Waals surface area contributed by atoms with E-state index in [0.717, 1.165) is 35.7 Å². The molecule has 1 aliphatic rings. The molecule has 2 aromatic heterocycles. The molecule has 5 rings (SSSR count). The molecule has 2 aromatic carbocycles. The number of aromatic nitrogens is 2. The maximum atomic E-state index is 12.7. The van der Waals surface area contributed by atoms with E-state index in [9.17, 15) is 9.59 Å². The zero-order valence-corrected chi connectivity index (χ0v) is 20.1. The van der Waals surface area contributed by atoms with Crippen molar-refractivity contribution in [1.29, 1.82) is 0 Å². The number of hydrogen-bond acceptors (Lipinski definition) is 6. The lowest BCUT2D eigenvalue weighted by Crippen LogP contribution is -2.48. The summed E-state index contributed by atoms with van der Waals surface area (Å²) in [5.41, 5.74) is 2.79. The van der Waals surface area contributed by atoms with Crippen molar-refractivity contribution in [3.8, 4) is 5.75 Å². The minimum absolute atomic E-state index is 0.00503. The topological polar surface area (TPSA) is 67.2 Å². The summed E-state index contributed by atoms with van der Waals surface area (Å²) in [6.45, 7) is 3.93. The van der Waals surface area contributed by atoms with Gasteiger partial charge in [0.2, 0.25) is 5.91 Å². The molecular formula is C27H26N4O3S. The van der Waals surface area contributed by atoms with E-state index in [2.05, 4.69) is 9.88 Å². The van der Waals surface area contributed by atoms with Crippen molar-refractivity contribution in [2.45, 2.75) is 13.2 Å². The number of nitrogens with zero attached hydrogens (tertiary/aromatic N) is 4. The van der Waals surface area contributed by atoms with Crippen molar-refractivity contribution in [2.75, 3.05) is 26.2 Å². The minimum Gasteiger partial charge on any atom is -0.489 e. The number of carbonyl (C=O) groups is 1. The van der Waals surface area contributed by atoms with Gasteiger partial charge >= 0.3 is 0 Å². The second-order valence-corrected chi connectivity index (χ2v) is 9.29. The molecule has 0 radical (unpaired) electrons. The summed E-state index contributed by atoms with van der Waals surface area (Å²) in [6, 6.07) is 19.4. The highest BCUT2D eigenvalue weighted by Crippen LogP contribution is 2.16. The Bertz CT molecular complexity index is 1370. The number of thiazole rings is 1. The zero-order chi connectivity index (χ0) is 24.0. The molecule has 0 unspecified atom stereocenters. The van der Waals surface area contributed by atoms with Crippen LogP contribution < -0.4 is 10.3 Å². The van der Waals surface area contributed by atoms with Crippen LogP contribution in [0.4, 0.5) is 0 Å². The fourth-order valence-electron chi connectivity index (χ4n) is 4.01. The number of benzene rings is 2. The van der Waals surface area contributed by atoms with Crippen LogP contribution in [0.1, 0.15) is 16.8 Å².